The highest BCUT2D eigenvalue weighted by molar-refractivity contribution is 6.62. The maximum atomic E-state index is 12.4. The number of primary amides is 1. The third-order valence-corrected chi connectivity index (χ3v) is 7.52. The Labute approximate surface area is 203 Å². The zero-order chi connectivity index (χ0) is 24.7. The number of hydrogen-bond acceptors (Lipinski definition) is 5. The summed E-state index contributed by atoms with van der Waals surface area (Å²) >= 11 is 0. The van der Waals surface area contributed by atoms with E-state index in [-0.39, 0.29) is 11.5 Å². The summed E-state index contributed by atoms with van der Waals surface area (Å²) < 4.78 is 18.7. The minimum atomic E-state index is -0.560. The lowest BCUT2D eigenvalue weighted by molar-refractivity contribution is -0.0115. The number of amides is 1. The lowest BCUT2D eigenvalue weighted by Gasteiger charge is -2.44. The van der Waals surface area contributed by atoms with Crippen LogP contribution in [0, 0.1) is 5.41 Å². The van der Waals surface area contributed by atoms with E-state index in [0.717, 1.165) is 31.5 Å². The fourth-order valence-corrected chi connectivity index (χ4v) is 4.76. The second-order valence-corrected chi connectivity index (χ2v) is 11.3. The van der Waals surface area contributed by atoms with E-state index < -0.39 is 24.2 Å². The van der Waals surface area contributed by atoms with E-state index in [1.807, 2.05) is 45.9 Å². The summed E-state index contributed by atoms with van der Waals surface area (Å²) in [5.74, 6) is -0.00459. The number of nitrogens with zero attached hydrogens (tertiary/aromatic N) is 1. The molecular formula is C27H37BN2O4. The second kappa shape index (κ2) is 9.02. The first-order chi connectivity index (χ1) is 15.9. The molecule has 2 saturated heterocycles. The van der Waals surface area contributed by atoms with E-state index in [4.69, 9.17) is 19.8 Å². The summed E-state index contributed by atoms with van der Waals surface area (Å²) in [6.07, 6.45) is 0.845. The van der Waals surface area contributed by atoms with Gasteiger partial charge in [-0.05, 0) is 57.3 Å². The number of hydrogen-bond donors (Lipinski definition) is 1. The smallest absolute Gasteiger partial charge is 0.489 e. The van der Waals surface area contributed by atoms with Gasteiger partial charge in [0.2, 0.25) is 0 Å². The van der Waals surface area contributed by atoms with Crippen molar-refractivity contribution < 1.29 is 18.8 Å². The van der Waals surface area contributed by atoms with Crippen LogP contribution in [0.5, 0.6) is 5.75 Å². The van der Waals surface area contributed by atoms with Crippen LogP contribution in [0.4, 0.5) is 0 Å². The van der Waals surface area contributed by atoms with Crippen LogP contribution in [0.3, 0.4) is 0 Å². The molecule has 0 saturated carbocycles. The van der Waals surface area contributed by atoms with Crippen LogP contribution in [0.1, 0.15) is 63.9 Å². The molecule has 0 aliphatic carbocycles. The van der Waals surface area contributed by atoms with Crippen LogP contribution in [-0.4, -0.2) is 48.3 Å². The standard InChI is InChI=1S/C27H37BN2O4/c1-25(2)18-30(17-19-10-8-7-9-11-19)15-14-23(25)32-22-13-12-20(16-21(22)24(29)31)28-33-26(3,4)27(5,6)34-28/h7-13,16,23H,14-15,17-18H2,1-6H3,(H2,29,31). The van der Waals surface area contributed by atoms with E-state index in [1.54, 1.807) is 6.07 Å². The number of likely N-dealkylation sites (tertiary alicyclic amines) is 1. The Morgan fingerprint density at radius 3 is 2.29 bits per heavy atom. The molecule has 4 rings (SSSR count). The SMILES string of the molecule is CC1(C)CN(Cc2ccccc2)CCC1Oc1ccc(B2OC(C)(C)C(C)(C)O2)cc1C(N)=O. The van der Waals surface area contributed by atoms with Crippen LogP contribution in [-0.2, 0) is 15.9 Å². The molecule has 2 N–H and O–H groups in total. The minimum absolute atomic E-state index is 0.0275. The number of carbonyl (C=O) groups excluding carboxylic acids is 1. The van der Waals surface area contributed by atoms with Gasteiger partial charge in [0.05, 0.1) is 16.8 Å². The van der Waals surface area contributed by atoms with Gasteiger partial charge in [-0.2, -0.15) is 0 Å². The molecule has 2 aliphatic rings. The number of piperidine rings is 1. The average molecular weight is 464 g/mol. The molecule has 2 fully saturated rings. The summed E-state index contributed by atoms with van der Waals surface area (Å²) in [6.45, 7) is 15.2. The molecular weight excluding hydrogens is 427 g/mol. The van der Waals surface area contributed by atoms with Crippen molar-refractivity contribution in [1.29, 1.82) is 0 Å². The molecule has 2 heterocycles. The Morgan fingerprint density at radius 2 is 1.71 bits per heavy atom. The fourth-order valence-electron chi connectivity index (χ4n) is 4.76. The normalized spacial score (nSPS) is 23.6. The van der Waals surface area contributed by atoms with Gasteiger partial charge in [-0.1, -0.05) is 50.2 Å². The lowest BCUT2D eigenvalue weighted by Crippen LogP contribution is -2.50. The first-order valence-corrected chi connectivity index (χ1v) is 12.1. The number of carbonyl (C=O) groups is 1. The quantitative estimate of drug-likeness (QED) is 0.659. The highest BCUT2D eigenvalue weighted by Crippen LogP contribution is 2.37. The molecule has 182 valence electrons. The second-order valence-electron chi connectivity index (χ2n) is 11.3. The highest BCUT2D eigenvalue weighted by Gasteiger charge is 2.52. The summed E-state index contributed by atoms with van der Waals surface area (Å²) in [5.41, 5.74) is 7.18. The van der Waals surface area contributed by atoms with Crippen LogP contribution < -0.4 is 15.9 Å². The molecule has 1 unspecified atom stereocenters. The Kier molecular flexibility index (Phi) is 6.57. The maximum Gasteiger partial charge on any atom is 0.494 e. The summed E-state index contributed by atoms with van der Waals surface area (Å²) in [7, 11) is -0.560. The topological polar surface area (TPSA) is 74.0 Å². The van der Waals surface area contributed by atoms with Gasteiger partial charge in [0.15, 0.2) is 0 Å². The van der Waals surface area contributed by atoms with Crippen molar-refractivity contribution in [2.45, 2.75) is 71.8 Å². The lowest BCUT2D eigenvalue weighted by atomic mass is 9.78. The average Bonchev–Trinajstić information content (AvgIpc) is 2.97. The van der Waals surface area contributed by atoms with E-state index in [9.17, 15) is 4.79 Å². The van der Waals surface area contributed by atoms with Crippen LogP contribution in [0.15, 0.2) is 48.5 Å². The van der Waals surface area contributed by atoms with E-state index in [1.165, 1.54) is 5.56 Å². The number of ether oxygens (including phenoxy) is 1. The molecule has 6 nitrogen and oxygen atoms in total. The van der Waals surface area contributed by atoms with E-state index >= 15 is 0 Å². The zero-order valence-corrected chi connectivity index (χ0v) is 21.3. The molecule has 2 aromatic carbocycles. The molecule has 2 aromatic rings. The molecule has 1 amide bonds. The van der Waals surface area contributed by atoms with Crippen molar-refractivity contribution in [3.8, 4) is 5.75 Å². The van der Waals surface area contributed by atoms with Gasteiger partial charge in [0.25, 0.3) is 5.91 Å². The summed E-state index contributed by atoms with van der Waals surface area (Å²) in [5, 5.41) is 0. The Morgan fingerprint density at radius 1 is 1.06 bits per heavy atom. The molecule has 34 heavy (non-hydrogen) atoms. The largest absolute Gasteiger partial charge is 0.494 e. The van der Waals surface area contributed by atoms with Crippen molar-refractivity contribution >= 4 is 18.5 Å². The molecule has 0 bridgehead atoms. The molecule has 0 aromatic heterocycles. The summed E-state index contributed by atoms with van der Waals surface area (Å²) in [4.78, 5) is 14.8. The zero-order valence-electron chi connectivity index (χ0n) is 21.3. The van der Waals surface area contributed by atoms with Gasteiger partial charge in [-0.25, -0.2) is 0 Å². The van der Waals surface area contributed by atoms with Gasteiger partial charge in [0.1, 0.15) is 11.9 Å². The minimum Gasteiger partial charge on any atom is -0.489 e. The van der Waals surface area contributed by atoms with Crippen LogP contribution in [0.2, 0.25) is 0 Å². The van der Waals surface area contributed by atoms with E-state index in [2.05, 4.69) is 43.0 Å². The van der Waals surface area contributed by atoms with Crippen molar-refractivity contribution in [1.82, 2.24) is 4.90 Å². The van der Waals surface area contributed by atoms with Gasteiger partial charge >= 0.3 is 7.12 Å². The van der Waals surface area contributed by atoms with Crippen molar-refractivity contribution in [3.63, 3.8) is 0 Å². The van der Waals surface area contributed by atoms with Crippen LogP contribution >= 0.6 is 0 Å². The molecule has 7 heteroatoms. The maximum absolute atomic E-state index is 12.4. The van der Waals surface area contributed by atoms with Gasteiger partial charge in [-0.15, -0.1) is 0 Å². The number of benzene rings is 2. The monoisotopic (exact) mass is 464 g/mol. The third-order valence-electron chi connectivity index (χ3n) is 7.52. The number of nitrogens with two attached hydrogens (primary N) is 1. The summed E-state index contributed by atoms with van der Waals surface area (Å²) in [6, 6.07) is 16.0. The fraction of sp³-hybridized carbons (Fsp3) is 0.519. The molecule has 2 aliphatic heterocycles. The van der Waals surface area contributed by atoms with Gasteiger partial charge < -0.3 is 19.8 Å². The van der Waals surface area contributed by atoms with Gasteiger partial charge in [-0.3, -0.25) is 9.69 Å². The van der Waals surface area contributed by atoms with Crippen molar-refractivity contribution in [3.05, 3.63) is 59.7 Å². The number of rotatable bonds is 6. The van der Waals surface area contributed by atoms with E-state index in [0.29, 0.717) is 11.3 Å². The predicted octanol–water partition coefficient (Wildman–Crippen LogP) is 3.76. The van der Waals surface area contributed by atoms with Crippen molar-refractivity contribution in [2.75, 3.05) is 13.1 Å². The van der Waals surface area contributed by atoms with Crippen molar-refractivity contribution in [2.24, 2.45) is 11.1 Å². The Balaban J connectivity index is 1.49. The molecule has 0 radical (unpaired) electrons. The molecule has 0 spiro atoms. The Bertz CT molecular complexity index is 1020. The van der Waals surface area contributed by atoms with Crippen LogP contribution in [0.25, 0.3) is 0 Å². The first-order valence-electron chi connectivity index (χ1n) is 12.1. The Hall–Kier alpha value is -2.35. The highest BCUT2D eigenvalue weighted by atomic mass is 16.7. The third kappa shape index (κ3) is 5.02. The first kappa shape index (κ1) is 24.8. The van der Waals surface area contributed by atoms with Gasteiger partial charge in [0, 0.05) is 25.0 Å². The predicted molar refractivity (Wildman–Crippen MR) is 135 cm³/mol. The molecule has 1 atom stereocenters.